The number of methoxy groups -OCH3 is 1. The van der Waals surface area contributed by atoms with Crippen LogP contribution < -0.4 is 5.32 Å². The van der Waals surface area contributed by atoms with Crippen LogP contribution in [0, 0.1) is 5.82 Å². The van der Waals surface area contributed by atoms with Gasteiger partial charge in [0.2, 0.25) is 0 Å². The summed E-state index contributed by atoms with van der Waals surface area (Å²) in [4.78, 5) is 11.8. The summed E-state index contributed by atoms with van der Waals surface area (Å²) < 4.78 is 23.1. The number of phenolic OH excluding ortho intramolecular Hbond substituents is 1. The smallest absolute Gasteiger partial charge is 0.327 e. The largest absolute Gasteiger partial charge is 0.505 e. The van der Waals surface area contributed by atoms with E-state index >= 15 is 0 Å². The lowest BCUT2D eigenvalue weighted by molar-refractivity contribution is -0.145. The van der Waals surface area contributed by atoms with E-state index in [1.165, 1.54) is 12.1 Å². The number of hydrogen-bond donors (Lipinski definition) is 2. The number of halogens is 1. The molecule has 19 heavy (non-hydrogen) atoms. The lowest BCUT2D eigenvalue weighted by Gasteiger charge is -2.17. The van der Waals surface area contributed by atoms with Crippen LogP contribution >= 0.6 is 0 Å². The van der Waals surface area contributed by atoms with Crippen LogP contribution in [0.15, 0.2) is 18.2 Å². The van der Waals surface area contributed by atoms with Gasteiger partial charge in [-0.15, -0.1) is 0 Å². The minimum atomic E-state index is -0.787. The molecule has 0 radical (unpaired) electrons. The number of nitrogens with one attached hydrogen (secondary N) is 1. The van der Waals surface area contributed by atoms with Crippen molar-refractivity contribution in [3.8, 4) is 5.75 Å². The zero-order valence-electron chi connectivity index (χ0n) is 11.0. The summed E-state index contributed by atoms with van der Waals surface area (Å²) in [6.07, 6.45) is 0. The number of esters is 1. The van der Waals surface area contributed by atoms with E-state index in [2.05, 4.69) is 5.32 Å². The van der Waals surface area contributed by atoms with Gasteiger partial charge in [-0.25, -0.2) is 9.18 Å². The molecule has 1 rings (SSSR count). The van der Waals surface area contributed by atoms with E-state index in [1.807, 2.05) is 0 Å². The van der Waals surface area contributed by atoms with Crippen molar-refractivity contribution in [2.45, 2.75) is 13.0 Å². The fourth-order valence-electron chi connectivity index (χ4n) is 1.57. The predicted molar refractivity (Wildman–Crippen MR) is 67.3 cm³/mol. The van der Waals surface area contributed by atoms with E-state index in [1.54, 1.807) is 14.0 Å². The van der Waals surface area contributed by atoms with Crippen LogP contribution in [0.1, 0.15) is 18.5 Å². The molecule has 1 unspecified atom stereocenters. The van der Waals surface area contributed by atoms with Gasteiger partial charge in [-0.1, -0.05) is 6.07 Å². The number of ether oxygens (including phenoxy) is 2. The summed E-state index contributed by atoms with van der Waals surface area (Å²) in [7, 11) is 1.54. The Bertz CT molecular complexity index is 425. The number of rotatable bonds is 7. The number of benzene rings is 1. The average Bonchev–Trinajstić information content (AvgIpc) is 2.38. The maximum atomic E-state index is 13.3. The van der Waals surface area contributed by atoms with Crippen LogP contribution in [0.2, 0.25) is 0 Å². The Balaban J connectivity index is 2.87. The molecule has 0 bridgehead atoms. The van der Waals surface area contributed by atoms with E-state index < -0.39 is 23.6 Å². The fraction of sp³-hybridized carbons (Fsp3) is 0.462. The Kier molecular flexibility index (Phi) is 6.24. The van der Waals surface area contributed by atoms with Crippen LogP contribution in [-0.4, -0.2) is 37.9 Å². The van der Waals surface area contributed by atoms with Crippen LogP contribution in [0.3, 0.4) is 0 Å². The minimum absolute atomic E-state index is 0.238. The number of carbonyl (C=O) groups is 1. The summed E-state index contributed by atoms with van der Waals surface area (Å²) in [5, 5.41) is 12.1. The first-order chi connectivity index (χ1) is 9.10. The molecule has 0 aromatic heterocycles. The molecule has 0 heterocycles. The van der Waals surface area contributed by atoms with Gasteiger partial charge in [0.05, 0.1) is 13.2 Å². The van der Waals surface area contributed by atoms with Crippen LogP contribution in [-0.2, 0) is 14.3 Å². The van der Waals surface area contributed by atoms with E-state index in [0.717, 1.165) is 6.07 Å². The molecular weight excluding hydrogens is 253 g/mol. The molecule has 0 aliphatic rings. The maximum absolute atomic E-state index is 13.3. The first kappa shape index (κ1) is 15.4. The Morgan fingerprint density at radius 1 is 1.53 bits per heavy atom. The van der Waals surface area contributed by atoms with Gasteiger partial charge in [0.1, 0.15) is 6.04 Å². The molecule has 1 atom stereocenters. The van der Waals surface area contributed by atoms with Gasteiger partial charge in [-0.3, -0.25) is 5.32 Å². The first-order valence-corrected chi connectivity index (χ1v) is 5.97. The summed E-state index contributed by atoms with van der Waals surface area (Å²) in [5.74, 6) is -1.73. The van der Waals surface area contributed by atoms with Crippen LogP contribution in [0.5, 0.6) is 5.75 Å². The molecule has 0 aliphatic carbocycles. The SMILES string of the molecule is CCOC(=O)C(NCCOC)c1ccc(O)c(F)c1. The average molecular weight is 271 g/mol. The highest BCUT2D eigenvalue weighted by atomic mass is 19.1. The Morgan fingerprint density at radius 3 is 2.84 bits per heavy atom. The maximum Gasteiger partial charge on any atom is 0.327 e. The molecule has 2 N–H and O–H groups in total. The molecule has 1 aromatic carbocycles. The normalized spacial score (nSPS) is 12.2. The Hall–Kier alpha value is -1.66. The van der Waals surface area contributed by atoms with Gasteiger partial charge in [-0.05, 0) is 24.6 Å². The van der Waals surface area contributed by atoms with E-state index in [9.17, 15) is 9.18 Å². The minimum Gasteiger partial charge on any atom is -0.505 e. The number of phenols is 1. The molecule has 0 saturated heterocycles. The van der Waals surface area contributed by atoms with Crippen LogP contribution in [0.4, 0.5) is 4.39 Å². The van der Waals surface area contributed by atoms with Gasteiger partial charge in [-0.2, -0.15) is 0 Å². The summed E-state index contributed by atoms with van der Waals surface area (Å²) in [6, 6.07) is 3.00. The van der Waals surface area contributed by atoms with E-state index in [0.29, 0.717) is 18.7 Å². The van der Waals surface area contributed by atoms with Gasteiger partial charge in [0.25, 0.3) is 0 Å². The number of aromatic hydroxyl groups is 1. The number of hydrogen-bond acceptors (Lipinski definition) is 5. The topological polar surface area (TPSA) is 67.8 Å². The van der Waals surface area contributed by atoms with Gasteiger partial charge < -0.3 is 14.6 Å². The highest BCUT2D eigenvalue weighted by Crippen LogP contribution is 2.21. The zero-order chi connectivity index (χ0) is 14.3. The molecule has 0 spiro atoms. The highest BCUT2D eigenvalue weighted by Gasteiger charge is 2.22. The molecule has 1 aromatic rings. The van der Waals surface area contributed by atoms with Crippen molar-refractivity contribution < 1.29 is 23.8 Å². The second-order valence-electron chi connectivity index (χ2n) is 3.84. The predicted octanol–water partition coefficient (Wildman–Crippen LogP) is 1.37. The molecule has 0 aliphatic heterocycles. The molecule has 6 heteroatoms. The van der Waals surface area contributed by atoms with Crippen molar-refractivity contribution in [1.82, 2.24) is 5.32 Å². The van der Waals surface area contributed by atoms with Crippen molar-refractivity contribution >= 4 is 5.97 Å². The quantitative estimate of drug-likeness (QED) is 0.579. The highest BCUT2D eigenvalue weighted by molar-refractivity contribution is 5.77. The summed E-state index contributed by atoms with van der Waals surface area (Å²) in [6.45, 7) is 2.77. The second-order valence-corrected chi connectivity index (χ2v) is 3.84. The van der Waals surface area contributed by atoms with Crippen LogP contribution in [0.25, 0.3) is 0 Å². The second kappa shape index (κ2) is 7.70. The van der Waals surface area contributed by atoms with Gasteiger partial charge in [0, 0.05) is 13.7 Å². The van der Waals surface area contributed by atoms with Crippen molar-refractivity contribution in [2.75, 3.05) is 26.9 Å². The lowest BCUT2D eigenvalue weighted by atomic mass is 10.1. The zero-order valence-corrected chi connectivity index (χ0v) is 11.0. The summed E-state index contributed by atoms with van der Waals surface area (Å²) in [5.41, 5.74) is 0.393. The van der Waals surface area contributed by atoms with Gasteiger partial charge >= 0.3 is 5.97 Å². The lowest BCUT2D eigenvalue weighted by Crippen LogP contribution is -2.32. The molecular formula is C13H18FNO4. The van der Waals surface area contributed by atoms with Gasteiger partial charge in [0.15, 0.2) is 11.6 Å². The van der Waals surface area contributed by atoms with Crippen molar-refractivity contribution in [2.24, 2.45) is 0 Å². The molecule has 0 saturated carbocycles. The Morgan fingerprint density at radius 2 is 2.26 bits per heavy atom. The third-order valence-corrected chi connectivity index (χ3v) is 2.48. The fourth-order valence-corrected chi connectivity index (χ4v) is 1.57. The molecule has 0 amide bonds. The van der Waals surface area contributed by atoms with Crippen molar-refractivity contribution in [3.05, 3.63) is 29.6 Å². The Labute approximate surface area is 111 Å². The summed E-state index contributed by atoms with van der Waals surface area (Å²) >= 11 is 0. The third-order valence-electron chi connectivity index (χ3n) is 2.48. The molecule has 0 fully saturated rings. The first-order valence-electron chi connectivity index (χ1n) is 5.97. The van der Waals surface area contributed by atoms with E-state index in [-0.39, 0.29) is 6.61 Å². The van der Waals surface area contributed by atoms with E-state index in [4.69, 9.17) is 14.6 Å². The standard InChI is InChI=1S/C13H18FNO4/c1-3-19-13(17)12(15-6-7-18-2)9-4-5-11(16)10(14)8-9/h4-5,8,12,15-16H,3,6-7H2,1-2H3. The molecule has 5 nitrogen and oxygen atoms in total. The number of carbonyl (C=O) groups excluding carboxylic acids is 1. The third kappa shape index (κ3) is 4.50. The van der Waals surface area contributed by atoms with Crippen molar-refractivity contribution in [1.29, 1.82) is 0 Å². The molecule has 106 valence electrons. The van der Waals surface area contributed by atoms with Crippen molar-refractivity contribution in [3.63, 3.8) is 0 Å². The monoisotopic (exact) mass is 271 g/mol.